The Labute approximate surface area is 169 Å². The lowest BCUT2D eigenvalue weighted by Crippen LogP contribution is -2.32. The quantitative estimate of drug-likeness (QED) is 0.242. The van der Waals surface area contributed by atoms with Gasteiger partial charge in [0, 0.05) is 26.2 Å². The van der Waals surface area contributed by atoms with Gasteiger partial charge in [-0.05, 0) is 24.1 Å². The number of hydrogen-bond donors (Lipinski definition) is 2. The predicted molar refractivity (Wildman–Crippen MR) is 117 cm³/mol. The first-order chi connectivity index (χ1) is 11.5. The van der Waals surface area contributed by atoms with Crippen LogP contribution in [0.3, 0.4) is 0 Å². The monoisotopic (exact) mass is 460 g/mol. The van der Waals surface area contributed by atoms with Crippen molar-refractivity contribution in [2.45, 2.75) is 52.0 Å². The molecule has 3 N–H and O–H groups in total. The van der Waals surface area contributed by atoms with E-state index >= 15 is 0 Å². The number of hydrogen-bond acceptors (Lipinski definition) is 2. The molecule has 5 nitrogen and oxygen atoms in total. The topological polar surface area (TPSA) is 70.7 Å². The maximum Gasteiger partial charge on any atom is 0.253 e. The molecule has 0 radical (unpaired) electrons. The van der Waals surface area contributed by atoms with Gasteiger partial charge >= 0.3 is 0 Å². The van der Waals surface area contributed by atoms with E-state index in [0.29, 0.717) is 18.1 Å². The summed E-state index contributed by atoms with van der Waals surface area (Å²) >= 11 is 0. The summed E-state index contributed by atoms with van der Waals surface area (Å²) in [5.41, 5.74) is 7.60. The zero-order valence-electron chi connectivity index (χ0n) is 15.8. The lowest BCUT2D eigenvalue weighted by molar-refractivity contribution is 0.0827. The van der Waals surface area contributed by atoms with Crippen LogP contribution < -0.4 is 11.1 Å². The largest absolute Gasteiger partial charge is 0.370 e. The lowest BCUT2D eigenvalue weighted by atomic mass is 10.1. The van der Waals surface area contributed by atoms with Gasteiger partial charge in [0.15, 0.2) is 5.96 Å². The summed E-state index contributed by atoms with van der Waals surface area (Å²) in [5, 5.41) is 3.16. The van der Waals surface area contributed by atoms with E-state index in [0.717, 1.165) is 18.5 Å². The molecule has 0 bridgehead atoms. The van der Waals surface area contributed by atoms with Gasteiger partial charge in [-0.1, -0.05) is 51.2 Å². The van der Waals surface area contributed by atoms with Gasteiger partial charge in [-0.3, -0.25) is 4.79 Å². The molecule has 0 spiro atoms. The maximum atomic E-state index is 11.8. The molecular formula is C19H33IN4O. The number of guanidine groups is 1. The average Bonchev–Trinajstić information content (AvgIpc) is 2.59. The number of carbonyl (C=O) groups is 1. The van der Waals surface area contributed by atoms with Crippen molar-refractivity contribution in [1.29, 1.82) is 0 Å². The van der Waals surface area contributed by atoms with Crippen molar-refractivity contribution in [1.82, 2.24) is 10.2 Å². The molecule has 25 heavy (non-hydrogen) atoms. The number of rotatable bonds is 10. The van der Waals surface area contributed by atoms with E-state index in [1.807, 2.05) is 24.3 Å². The van der Waals surface area contributed by atoms with Crippen molar-refractivity contribution in [2.24, 2.45) is 10.7 Å². The predicted octanol–water partition coefficient (Wildman–Crippen LogP) is 3.77. The van der Waals surface area contributed by atoms with E-state index in [9.17, 15) is 4.79 Å². The first-order valence-corrected chi connectivity index (χ1v) is 8.89. The van der Waals surface area contributed by atoms with Crippen molar-refractivity contribution in [3.63, 3.8) is 0 Å². The summed E-state index contributed by atoms with van der Waals surface area (Å²) < 4.78 is 0. The summed E-state index contributed by atoms with van der Waals surface area (Å²) in [6.07, 6.45) is 7.60. The molecule has 1 rings (SSSR count). The lowest BCUT2D eigenvalue weighted by Gasteiger charge is -2.10. The third-order valence-corrected chi connectivity index (χ3v) is 3.88. The number of nitrogens with one attached hydrogen (secondary N) is 1. The van der Waals surface area contributed by atoms with Crippen LogP contribution in [0, 0.1) is 0 Å². The van der Waals surface area contributed by atoms with Gasteiger partial charge in [0.05, 0.1) is 6.54 Å². The van der Waals surface area contributed by atoms with E-state index in [1.54, 1.807) is 19.0 Å². The smallest absolute Gasteiger partial charge is 0.253 e. The Bertz CT molecular complexity index is 515. The highest BCUT2D eigenvalue weighted by Crippen LogP contribution is 2.07. The summed E-state index contributed by atoms with van der Waals surface area (Å²) in [7, 11) is 3.49. The van der Waals surface area contributed by atoms with Gasteiger partial charge < -0.3 is 16.0 Å². The molecule has 0 saturated heterocycles. The third-order valence-electron chi connectivity index (χ3n) is 3.88. The second-order valence-electron chi connectivity index (χ2n) is 6.29. The van der Waals surface area contributed by atoms with E-state index in [4.69, 9.17) is 5.73 Å². The van der Waals surface area contributed by atoms with Gasteiger partial charge in [0.25, 0.3) is 5.91 Å². The average molecular weight is 460 g/mol. The SMILES string of the molecule is CCCCCCCCNC(N)=NCc1ccc(C(=O)N(C)C)cc1.I. The van der Waals surface area contributed by atoms with Crippen molar-refractivity contribution >= 4 is 35.8 Å². The van der Waals surface area contributed by atoms with Gasteiger partial charge in [-0.15, -0.1) is 24.0 Å². The Morgan fingerprint density at radius 1 is 1.08 bits per heavy atom. The highest BCUT2D eigenvalue weighted by atomic mass is 127. The minimum absolute atomic E-state index is 0. The van der Waals surface area contributed by atoms with Crippen LogP contribution in [0.1, 0.15) is 61.4 Å². The molecule has 0 unspecified atom stereocenters. The number of aliphatic imine (C=N–C) groups is 1. The first-order valence-electron chi connectivity index (χ1n) is 8.89. The Morgan fingerprint density at radius 3 is 2.28 bits per heavy atom. The van der Waals surface area contributed by atoms with Crippen molar-refractivity contribution in [3.05, 3.63) is 35.4 Å². The molecule has 0 saturated carbocycles. The van der Waals surface area contributed by atoms with Crippen LogP contribution in [-0.4, -0.2) is 37.4 Å². The molecule has 6 heteroatoms. The van der Waals surface area contributed by atoms with Crippen LogP contribution in [0.2, 0.25) is 0 Å². The van der Waals surface area contributed by atoms with Gasteiger partial charge in [-0.2, -0.15) is 0 Å². The summed E-state index contributed by atoms with van der Waals surface area (Å²) in [5.74, 6) is 0.488. The number of carbonyl (C=O) groups excluding carboxylic acids is 1. The normalized spacial score (nSPS) is 10.9. The van der Waals surface area contributed by atoms with Crippen molar-refractivity contribution < 1.29 is 4.79 Å². The molecule has 0 aliphatic carbocycles. The van der Waals surface area contributed by atoms with E-state index in [-0.39, 0.29) is 29.9 Å². The van der Waals surface area contributed by atoms with Crippen LogP contribution >= 0.6 is 24.0 Å². The van der Waals surface area contributed by atoms with Crippen LogP contribution in [-0.2, 0) is 6.54 Å². The number of nitrogens with zero attached hydrogens (tertiary/aromatic N) is 2. The van der Waals surface area contributed by atoms with Crippen LogP contribution in [0.5, 0.6) is 0 Å². The standard InChI is InChI=1S/C19H32N4O.HI/c1-4-5-6-7-8-9-14-21-19(20)22-15-16-10-12-17(13-11-16)18(24)23(2)3;/h10-13H,4-9,14-15H2,1-3H3,(H3,20,21,22);1H. The van der Waals surface area contributed by atoms with Crippen LogP contribution in [0.4, 0.5) is 0 Å². The van der Waals surface area contributed by atoms with Gasteiger partial charge in [0.2, 0.25) is 0 Å². The molecular weight excluding hydrogens is 427 g/mol. The molecule has 1 amide bonds. The second-order valence-corrected chi connectivity index (χ2v) is 6.29. The van der Waals surface area contributed by atoms with Crippen molar-refractivity contribution in [2.75, 3.05) is 20.6 Å². The fourth-order valence-corrected chi connectivity index (χ4v) is 2.37. The number of nitrogens with two attached hydrogens (primary N) is 1. The fourth-order valence-electron chi connectivity index (χ4n) is 2.37. The molecule has 0 aliphatic heterocycles. The fraction of sp³-hybridized carbons (Fsp3) is 0.579. The Hall–Kier alpha value is -1.31. The van der Waals surface area contributed by atoms with Gasteiger partial charge in [-0.25, -0.2) is 4.99 Å². The molecule has 0 fully saturated rings. The van der Waals surface area contributed by atoms with E-state index in [2.05, 4.69) is 17.2 Å². The maximum absolute atomic E-state index is 11.8. The zero-order valence-corrected chi connectivity index (χ0v) is 18.1. The van der Waals surface area contributed by atoms with Crippen molar-refractivity contribution in [3.8, 4) is 0 Å². The molecule has 0 atom stereocenters. The van der Waals surface area contributed by atoms with E-state index < -0.39 is 0 Å². The third kappa shape index (κ3) is 10.3. The zero-order chi connectivity index (χ0) is 17.8. The second kappa shape index (κ2) is 13.9. The van der Waals surface area contributed by atoms with Crippen LogP contribution in [0.25, 0.3) is 0 Å². The molecule has 0 heterocycles. The Balaban J connectivity index is 0.00000576. The highest BCUT2D eigenvalue weighted by molar-refractivity contribution is 14.0. The van der Waals surface area contributed by atoms with Gasteiger partial charge in [0.1, 0.15) is 0 Å². The molecule has 142 valence electrons. The minimum atomic E-state index is 0. The summed E-state index contributed by atoms with van der Waals surface area (Å²) in [4.78, 5) is 17.7. The number of halogens is 1. The Kier molecular flexibility index (Phi) is 13.2. The minimum Gasteiger partial charge on any atom is -0.370 e. The molecule has 1 aromatic carbocycles. The molecule has 0 aliphatic rings. The number of amides is 1. The Morgan fingerprint density at radius 2 is 1.68 bits per heavy atom. The molecule has 0 aromatic heterocycles. The summed E-state index contributed by atoms with van der Waals surface area (Å²) in [6.45, 7) is 3.62. The highest BCUT2D eigenvalue weighted by Gasteiger charge is 2.06. The van der Waals surface area contributed by atoms with E-state index in [1.165, 1.54) is 32.1 Å². The first kappa shape index (κ1) is 23.7. The summed E-state index contributed by atoms with van der Waals surface area (Å²) in [6, 6.07) is 7.49. The van der Waals surface area contributed by atoms with Crippen LogP contribution in [0.15, 0.2) is 29.3 Å². The number of benzene rings is 1. The molecule has 1 aromatic rings. The number of unbranched alkanes of at least 4 members (excludes halogenated alkanes) is 5.